The molecule has 0 unspecified atom stereocenters. The van der Waals surface area contributed by atoms with Crippen LogP contribution in [0.1, 0.15) is 42.5 Å². The van der Waals surface area contributed by atoms with E-state index in [4.69, 9.17) is 0 Å². The van der Waals surface area contributed by atoms with Crippen LogP contribution in [0.25, 0.3) is 0 Å². The van der Waals surface area contributed by atoms with Crippen LogP contribution in [0, 0.1) is 0 Å². The van der Waals surface area contributed by atoms with Gasteiger partial charge in [0.25, 0.3) is 0 Å². The van der Waals surface area contributed by atoms with Gasteiger partial charge in [0.1, 0.15) is 0 Å². The van der Waals surface area contributed by atoms with Crippen molar-refractivity contribution in [2.45, 2.75) is 32.2 Å². The van der Waals surface area contributed by atoms with Gasteiger partial charge in [-0.25, -0.2) is 4.79 Å². The van der Waals surface area contributed by atoms with Crippen molar-refractivity contribution < 1.29 is 4.79 Å². The molecule has 2 amide bonds. The Labute approximate surface area is 191 Å². The normalized spacial score (nSPS) is 14.5. The zero-order chi connectivity index (χ0) is 22.2. The second-order valence-corrected chi connectivity index (χ2v) is 8.48. The Hall–Kier alpha value is -3.11. The molecule has 0 aliphatic carbocycles. The maximum Gasteiger partial charge on any atom is 0.321 e. The second kappa shape index (κ2) is 11.0. The fraction of sp³-hybridized carbons (Fsp3) is 0.321. The molecule has 1 aliphatic rings. The number of nitrogens with one attached hydrogen (secondary N) is 1. The highest BCUT2D eigenvalue weighted by molar-refractivity contribution is 5.89. The summed E-state index contributed by atoms with van der Waals surface area (Å²) in [4.78, 5) is 17.2. The molecule has 0 atom stereocenters. The standard InChI is InChI=1S/C28H33N3O/c1-2-3-10-23-15-17-26(18-16-23)29-28(32)31-21-19-30(20-22-31)27(24-11-6-4-7-12-24)25-13-8-5-9-14-25/h4-9,11-18,27H,2-3,10,19-22H2,1H3,(H,29,32). The lowest BCUT2D eigenvalue weighted by molar-refractivity contribution is 0.126. The van der Waals surface area contributed by atoms with Gasteiger partial charge in [0, 0.05) is 31.9 Å². The molecule has 0 saturated carbocycles. The maximum atomic E-state index is 12.8. The molecule has 166 valence electrons. The Kier molecular flexibility index (Phi) is 7.57. The summed E-state index contributed by atoms with van der Waals surface area (Å²) in [6.45, 7) is 5.33. The molecule has 0 radical (unpaired) electrons. The number of urea groups is 1. The average Bonchev–Trinajstić information content (AvgIpc) is 2.85. The molecular formula is C28H33N3O. The number of piperazine rings is 1. The highest BCUT2D eigenvalue weighted by Gasteiger charge is 2.28. The van der Waals surface area contributed by atoms with E-state index in [0.717, 1.165) is 38.3 Å². The average molecular weight is 428 g/mol. The van der Waals surface area contributed by atoms with Crippen LogP contribution < -0.4 is 5.32 Å². The summed E-state index contributed by atoms with van der Waals surface area (Å²) >= 11 is 0. The molecule has 0 bridgehead atoms. The molecule has 1 saturated heterocycles. The third-order valence-corrected chi connectivity index (χ3v) is 6.22. The molecular weight excluding hydrogens is 394 g/mol. The van der Waals surface area contributed by atoms with Crippen molar-refractivity contribution in [2.75, 3.05) is 31.5 Å². The molecule has 32 heavy (non-hydrogen) atoms. The largest absolute Gasteiger partial charge is 0.322 e. The number of hydrogen-bond donors (Lipinski definition) is 1. The van der Waals surface area contributed by atoms with E-state index < -0.39 is 0 Å². The fourth-order valence-electron chi connectivity index (χ4n) is 4.41. The van der Waals surface area contributed by atoms with E-state index in [1.807, 2.05) is 17.0 Å². The van der Waals surface area contributed by atoms with Crippen LogP contribution >= 0.6 is 0 Å². The highest BCUT2D eigenvalue weighted by Crippen LogP contribution is 2.29. The third kappa shape index (κ3) is 5.57. The van der Waals surface area contributed by atoms with Gasteiger partial charge in [-0.3, -0.25) is 4.90 Å². The molecule has 1 fully saturated rings. The maximum absolute atomic E-state index is 12.8. The van der Waals surface area contributed by atoms with Crippen LogP contribution in [0.5, 0.6) is 0 Å². The minimum absolute atomic E-state index is 0.0121. The molecule has 0 spiro atoms. The smallest absolute Gasteiger partial charge is 0.321 e. The van der Waals surface area contributed by atoms with Gasteiger partial charge in [-0.05, 0) is 41.7 Å². The number of amides is 2. The fourth-order valence-corrected chi connectivity index (χ4v) is 4.41. The molecule has 3 aromatic rings. The van der Waals surface area contributed by atoms with Crippen LogP contribution in [0.15, 0.2) is 84.9 Å². The van der Waals surface area contributed by atoms with Crippen molar-refractivity contribution in [3.63, 3.8) is 0 Å². The van der Waals surface area contributed by atoms with Gasteiger partial charge in [0.15, 0.2) is 0 Å². The monoisotopic (exact) mass is 427 g/mol. The summed E-state index contributed by atoms with van der Waals surface area (Å²) in [5.41, 5.74) is 4.77. The summed E-state index contributed by atoms with van der Waals surface area (Å²) < 4.78 is 0. The number of nitrogens with zero attached hydrogens (tertiary/aromatic N) is 2. The van der Waals surface area contributed by atoms with Crippen LogP contribution in [0.4, 0.5) is 10.5 Å². The lowest BCUT2D eigenvalue weighted by Gasteiger charge is -2.39. The van der Waals surface area contributed by atoms with E-state index in [1.165, 1.54) is 29.5 Å². The lowest BCUT2D eigenvalue weighted by Crippen LogP contribution is -2.51. The van der Waals surface area contributed by atoms with Gasteiger partial charge >= 0.3 is 6.03 Å². The third-order valence-electron chi connectivity index (χ3n) is 6.22. The topological polar surface area (TPSA) is 35.6 Å². The first-order valence-electron chi connectivity index (χ1n) is 11.7. The minimum Gasteiger partial charge on any atom is -0.322 e. The first-order chi connectivity index (χ1) is 15.7. The summed E-state index contributed by atoms with van der Waals surface area (Å²) in [5.74, 6) is 0. The van der Waals surface area contributed by atoms with E-state index in [2.05, 4.69) is 89.9 Å². The Morgan fingerprint density at radius 2 is 1.38 bits per heavy atom. The second-order valence-electron chi connectivity index (χ2n) is 8.48. The Morgan fingerprint density at radius 1 is 0.812 bits per heavy atom. The number of hydrogen-bond acceptors (Lipinski definition) is 2. The SMILES string of the molecule is CCCCc1ccc(NC(=O)N2CCN(C(c3ccccc3)c3ccccc3)CC2)cc1. The van der Waals surface area contributed by atoms with Crippen molar-refractivity contribution in [1.82, 2.24) is 9.80 Å². The first kappa shape index (κ1) is 22.1. The van der Waals surface area contributed by atoms with Gasteiger partial charge < -0.3 is 10.2 Å². The molecule has 4 nitrogen and oxygen atoms in total. The predicted octanol–water partition coefficient (Wildman–Crippen LogP) is 5.97. The van der Waals surface area contributed by atoms with Gasteiger partial charge in [0.05, 0.1) is 6.04 Å². The quantitative estimate of drug-likeness (QED) is 0.504. The molecule has 4 rings (SSSR count). The van der Waals surface area contributed by atoms with E-state index in [-0.39, 0.29) is 12.1 Å². The first-order valence-corrected chi connectivity index (χ1v) is 11.7. The zero-order valence-electron chi connectivity index (χ0n) is 18.9. The van der Waals surface area contributed by atoms with Crippen LogP contribution in [-0.2, 0) is 6.42 Å². The van der Waals surface area contributed by atoms with E-state index in [9.17, 15) is 4.79 Å². The number of anilines is 1. The summed E-state index contributed by atoms with van der Waals surface area (Å²) in [7, 11) is 0. The van der Waals surface area contributed by atoms with Crippen LogP contribution in [-0.4, -0.2) is 42.0 Å². The number of rotatable bonds is 7. The summed E-state index contributed by atoms with van der Waals surface area (Å²) in [6, 6.07) is 29.8. The Morgan fingerprint density at radius 3 is 1.91 bits per heavy atom. The summed E-state index contributed by atoms with van der Waals surface area (Å²) in [5, 5.41) is 3.07. The number of carbonyl (C=O) groups excluding carboxylic acids is 1. The van der Waals surface area contributed by atoms with E-state index in [1.54, 1.807) is 0 Å². The van der Waals surface area contributed by atoms with Crippen LogP contribution in [0.3, 0.4) is 0 Å². The zero-order valence-corrected chi connectivity index (χ0v) is 18.9. The van der Waals surface area contributed by atoms with E-state index >= 15 is 0 Å². The molecule has 3 aromatic carbocycles. The van der Waals surface area contributed by atoms with Crippen molar-refractivity contribution in [3.05, 3.63) is 102 Å². The Bertz CT molecular complexity index is 925. The molecule has 1 aliphatic heterocycles. The van der Waals surface area contributed by atoms with Crippen molar-refractivity contribution in [3.8, 4) is 0 Å². The van der Waals surface area contributed by atoms with Crippen molar-refractivity contribution in [1.29, 1.82) is 0 Å². The Balaban J connectivity index is 1.37. The van der Waals surface area contributed by atoms with Crippen LogP contribution in [0.2, 0.25) is 0 Å². The molecule has 4 heteroatoms. The predicted molar refractivity (Wildman–Crippen MR) is 132 cm³/mol. The van der Waals surface area contributed by atoms with Gasteiger partial charge in [0.2, 0.25) is 0 Å². The highest BCUT2D eigenvalue weighted by atomic mass is 16.2. The minimum atomic E-state index is -0.0121. The van der Waals surface area contributed by atoms with Crippen molar-refractivity contribution in [2.24, 2.45) is 0 Å². The molecule has 0 aromatic heterocycles. The van der Waals surface area contributed by atoms with Gasteiger partial charge in [-0.2, -0.15) is 0 Å². The molecule has 1 heterocycles. The number of carbonyl (C=O) groups is 1. The molecule has 1 N–H and O–H groups in total. The number of unbranched alkanes of at least 4 members (excludes halogenated alkanes) is 1. The van der Waals surface area contributed by atoms with Crippen molar-refractivity contribution >= 4 is 11.7 Å². The number of benzene rings is 3. The van der Waals surface area contributed by atoms with Gasteiger partial charge in [-0.1, -0.05) is 86.1 Å². The number of aryl methyl sites for hydroxylation is 1. The lowest BCUT2D eigenvalue weighted by atomic mass is 9.96. The van der Waals surface area contributed by atoms with Gasteiger partial charge in [-0.15, -0.1) is 0 Å². The summed E-state index contributed by atoms with van der Waals surface area (Å²) in [6.07, 6.45) is 3.49. The van der Waals surface area contributed by atoms with E-state index in [0.29, 0.717) is 0 Å².